The molecule has 112 valence electrons. The van der Waals surface area contributed by atoms with E-state index in [4.69, 9.17) is 10.8 Å². The molecule has 2 rings (SSSR count). The Labute approximate surface area is 121 Å². The van der Waals surface area contributed by atoms with Crippen LogP contribution in [0.5, 0.6) is 5.75 Å². The SMILES string of the molecule is CC(N)c1csc(NC(=O)c2cc(F)c(F)c(O)c2F)n1. The number of nitrogens with one attached hydrogen (secondary N) is 1. The van der Waals surface area contributed by atoms with Gasteiger partial charge in [-0.05, 0) is 13.0 Å². The minimum absolute atomic E-state index is 0.121. The molecule has 1 aromatic heterocycles. The lowest BCUT2D eigenvalue weighted by molar-refractivity contribution is 0.102. The van der Waals surface area contributed by atoms with Crippen molar-refractivity contribution < 1.29 is 23.1 Å². The van der Waals surface area contributed by atoms with Gasteiger partial charge in [-0.1, -0.05) is 0 Å². The number of phenolic OH excluding ortho intramolecular Hbond substituents is 1. The fraction of sp³-hybridized carbons (Fsp3) is 0.167. The van der Waals surface area contributed by atoms with E-state index in [0.29, 0.717) is 11.8 Å². The number of nitrogens with two attached hydrogens (primary N) is 1. The Hall–Kier alpha value is -2.13. The van der Waals surface area contributed by atoms with E-state index < -0.39 is 34.7 Å². The largest absolute Gasteiger partial charge is 0.503 e. The number of carbonyl (C=O) groups excluding carboxylic acids is 1. The van der Waals surface area contributed by atoms with Crippen molar-refractivity contribution in [2.45, 2.75) is 13.0 Å². The molecule has 1 atom stereocenters. The van der Waals surface area contributed by atoms with Crippen LogP contribution in [0, 0.1) is 17.5 Å². The number of hydrogen-bond acceptors (Lipinski definition) is 5. The first-order valence-electron chi connectivity index (χ1n) is 5.70. The Morgan fingerprint density at radius 1 is 1.43 bits per heavy atom. The van der Waals surface area contributed by atoms with Crippen LogP contribution in [0.1, 0.15) is 29.0 Å². The maximum atomic E-state index is 13.6. The number of phenols is 1. The number of thiazole rings is 1. The smallest absolute Gasteiger partial charge is 0.260 e. The van der Waals surface area contributed by atoms with Gasteiger partial charge >= 0.3 is 0 Å². The van der Waals surface area contributed by atoms with E-state index in [-0.39, 0.29) is 11.2 Å². The first kappa shape index (κ1) is 15.3. The van der Waals surface area contributed by atoms with Crippen LogP contribution in [-0.2, 0) is 0 Å². The summed E-state index contributed by atoms with van der Waals surface area (Å²) >= 11 is 1.04. The van der Waals surface area contributed by atoms with Gasteiger partial charge in [-0.3, -0.25) is 10.1 Å². The fourth-order valence-corrected chi connectivity index (χ4v) is 2.28. The third kappa shape index (κ3) is 2.98. The summed E-state index contributed by atoms with van der Waals surface area (Å²) < 4.78 is 39.6. The maximum Gasteiger partial charge on any atom is 0.260 e. The first-order chi connectivity index (χ1) is 9.81. The van der Waals surface area contributed by atoms with E-state index in [0.717, 1.165) is 11.3 Å². The highest BCUT2D eigenvalue weighted by molar-refractivity contribution is 7.14. The summed E-state index contributed by atoms with van der Waals surface area (Å²) in [5.41, 5.74) is 5.28. The van der Waals surface area contributed by atoms with Crippen LogP contribution in [0.3, 0.4) is 0 Å². The molecule has 0 saturated carbocycles. The van der Waals surface area contributed by atoms with Crippen molar-refractivity contribution in [1.29, 1.82) is 0 Å². The summed E-state index contributed by atoms with van der Waals surface area (Å²) in [6.45, 7) is 1.69. The van der Waals surface area contributed by atoms with E-state index in [1.54, 1.807) is 12.3 Å². The molecule has 5 nitrogen and oxygen atoms in total. The molecule has 0 saturated heterocycles. The zero-order valence-electron chi connectivity index (χ0n) is 10.7. The second kappa shape index (κ2) is 5.70. The number of amides is 1. The summed E-state index contributed by atoms with van der Waals surface area (Å²) in [7, 11) is 0. The Morgan fingerprint density at radius 2 is 2.10 bits per heavy atom. The van der Waals surface area contributed by atoms with Crippen LogP contribution in [0.4, 0.5) is 18.3 Å². The highest BCUT2D eigenvalue weighted by Crippen LogP contribution is 2.27. The average molecular weight is 317 g/mol. The van der Waals surface area contributed by atoms with Gasteiger partial charge in [0.05, 0.1) is 11.3 Å². The van der Waals surface area contributed by atoms with Gasteiger partial charge < -0.3 is 10.8 Å². The molecule has 1 unspecified atom stereocenters. The first-order valence-corrected chi connectivity index (χ1v) is 6.58. The molecule has 1 heterocycles. The van der Waals surface area contributed by atoms with Crippen molar-refractivity contribution in [3.63, 3.8) is 0 Å². The molecule has 4 N–H and O–H groups in total. The standard InChI is InChI=1S/C12H10F3N3O2S/c1-4(16)7-3-21-12(17-7)18-11(20)5-2-6(13)9(15)10(19)8(5)14/h2-4,19H,16H2,1H3,(H,17,18,20). The number of anilines is 1. The lowest BCUT2D eigenvalue weighted by Crippen LogP contribution is -2.15. The molecule has 0 fully saturated rings. The minimum Gasteiger partial charge on any atom is -0.503 e. The number of carbonyl (C=O) groups is 1. The third-order valence-electron chi connectivity index (χ3n) is 2.59. The Balaban J connectivity index is 2.28. The summed E-state index contributed by atoms with van der Waals surface area (Å²) in [5, 5.41) is 13.0. The van der Waals surface area contributed by atoms with Gasteiger partial charge in [0.2, 0.25) is 5.82 Å². The molecule has 1 amide bonds. The van der Waals surface area contributed by atoms with Crippen molar-refractivity contribution in [2.24, 2.45) is 5.73 Å². The summed E-state index contributed by atoms with van der Waals surface area (Å²) in [5.74, 6) is -7.44. The normalized spacial score (nSPS) is 12.2. The molecule has 0 bridgehead atoms. The zero-order valence-corrected chi connectivity index (χ0v) is 11.5. The number of rotatable bonds is 3. The van der Waals surface area contributed by atoms with E-state index in [2.05, 4.69) is 10.3 Å². The molecule has 1 aromatic carbocycles. The zero-order chi connectivity index (χ0) is 15.7. The predicted octanol–water partition coefficient (Wildman–Crippen LogP) is 2.54. The molecular weight excluding hydrogens is 307 g/mol. The van der Waals surface area contributed by atoms with Gasteiger partial charge in [0.25, 0.3) is 5.91 Å². The molecule has 0 aliphatic carbocycles. The Morgan fingerprint density at radius 3 is 2.67 bits per heavy atom. The van der Waals surface area contributed by atoms with Crippen molar-refractivity contribution in [1.82, 2.24) is 4.98 Å². The van der Waals surface area contributed by atoms with Crippen molar-refractivity contribution >= 4 is 22.4 Å². The van der Waals surface area contributed by atoms with Gasteiger partial charge in [0.1, 0.15) is 0 Å². The number of benzene rings is 1. The van der Waals surface area contributed by atoms with Crippen LogP contribution in [0.2, 0.25) is 0 Å². The number of nitrogens with zero attached hydrogens (tertiary/aromatic N) is 1. The molecule has 21 heavy (non-hydrogen) atoms. The Bertz CT molecular complexity index is 703. The number of hydrogen-bond donors (Lipinski definition) is 3. The molecule has 0 aliphatic heterocycles. The second-order valence-electron chi connectivity index (χ2n) is 4.20. The molecule has 9 heteroatoms. The van der Waals surface area contributed by atoms with Crippen LogP contribution < -0.4 is 11.1 Å². The summed E-state index contributed by atoms with van der Waals surface area (Å²) in [4.78, 5) is 15.8. The van der Waals surface area contributed by atoms with Gasteiger partial charge in [0, 0.05) is 11.4 Å². The average Bonchev–Trinajstić information content (AvgIpc) is 2.89. The van der Waals surface area contributed by atoms with Crippen LogP contribution in [0.15, 0.2) is 11.4 Å². The second-order valence-corrected chi connectivity index (χ2v) is 5.06. The van der Waals surface area contributed by atoms with Gasteiger partial charge in [0.15, 0.2) is 22.5 Å². The molecule has 0 radical (unpaired) electrons. The van der Waals surface area contributed by atoms with E-state index >= 15 is 0 Å². The van der Waals surface area contributed by atoms with Crippen LogP contribution in [0.25, 0.3) is 0 Å². The summed E-state index contributed by atoms with van der Waals surface area (Å²) in [6, 6.07) is 0.00993. The molecule has 0 aliphatic rings. The predicted molar refractivity (Wildman–Crippen MR) is 70.7 cm³/mol. The van der Waals surface area contributed by atoms with Gasteiger partial charge in [-0.15, -0.1) is 11.3 Å². The number of halogens is 3. The number of aromatic nitrogens is 1. The van der Waals surface area contributed by atoms with E-state index in [9.17, 15) is 18.0 Å². The Kier molecular flexibility index (Phi) is 4.14. The molecule has 0 spiro atoms. The lowest BCUT2D eigenvalue weighted by Gasteiger charge is -2.06. The topological polar surface area (TPSA) is 88.2 Å². The number of aromatic hydroxyl groups is 1. The van der Waals surface area contributed by atoms with Crippen molar-refractivity contribution in [3.05, 3.63) is 40.2 Å². The highest BCUT2D eigenvalue weighted by Gasteiger charge is 2.23. The quantitative estimate of drug-likeness (QED) is 0.759. The fourth-order valence-electron chi connectivity index (χ4n) is 1.47. The monoisotopic (exact) mass is 317 g/mol. The summed E-state index contributed by atoms with van der Waals surface area (Å²) in [6.07, 6.45) is 0. The van der Waals surface area contributed by atoms with Crippen molar-refractivity contribution in [2.75, 3.05) is 5.32 Å². The lowest BCUT2D eigenvalue weighted by atomic mass is 10.1. The van der Waals surface area contributed by atoms with Gasteiger partial charge in [-0.2, -0.15) is 4.39 Å². The van der Waals surface area contributed by atoms with Crippen LogP contribution >= 0.6 is 11.3 Å². The maximum absolute atomic E-state index is 13.6. The highest BCUT2D eigenvalue weighted by atomic mass is 32.1. The minimum atomic E-state index is -1.75. The third-order valence-corrected chi connectivity index (χ3v) is 3.36. The molecule has 2 aromatic rings. The van der Waals surface area contributed by atoms with Gasteiger partial charge in [-0.25, -0.2) is 13.8 Å². The van der Waals surface area contributed by atoms with Crippen molar-refractivity contribution in [3.8, 4) is 5.75 Å². The van der Waals surface area contributed by atoms with Crippen LogP contribution in [-0.4, -0.2) is 16.0 Å². The molecular formula is C12H10F3N3O2S. The van der Waals surface area contributed by atoms with E-state index in [1.165, 1.54) is 0 Å². The van der Waals surface area contributed by atoms with E-state index in [1.807, 2.05) is 0 Å².